The molecule has 1 unspecified atom stereocenters. The molecule has 0 amide bonds. The van der Waals surface area contributed by atoms with E-state index in [1.807, 2.05) is 13.1 Å². The van der Waals surface area contributed by atoms with E-state index in [9.17, 15) is 0 Å². The SMILES string of the molecule is CC=[N+]=C(C)C[C@@H]1CCC1CNCC. The zero-order valence-electron chi connectivity index (χ0n) is 9.71. The zero-order valence-corrected chi connectivity index (χ0v) is 9.71. The van der Waals surface area contributed by atoms with E-state index < -0.39 is 0 Å². The van der Waals surface area contributed by atoms with Gasteiger partial charge in [0.05, 0.1) is 0 Å². The van der Waals surface area contributed by atoms with Crippen molar-refractivity contribution in [3.8, 4) is 0 Å². The predicted octanol–water partition coefficient (Wildman–Crippen LogP) is 1.63. The van der Waals surface area contributed by atoms with Crippen LogP contribution >= 0.6 is 0 Å². The van der Waals surface area contributed by atoms with Gasteiger partial charge in [0, 0.05) is 20.3 Å². The van der Waals surface area contributed by atoms with Gasteiger partial charge in [-0.05, 0) is 37.8 Å². The molecule has 1 rings (SSSR count). The lowest BCUT2D eigenvalue weighted by atomic mass is 9.71. The average molecular weight is 195 g/mol. The molecule has 0 heterocycles. The van der Waals surface area contributed by atoms with Crippen molar-refractivity contribution in [2.45, 2.75) is 40.0 Å². The van der Waals surface area contributed by atoms with Gasteiger partial charge in [0.15, 0.2) is 0 Å². The van der Waals surface area contributed by atoms with Crippen LogP contribution in [0.15, 0.2) is 0 Å². The summed E-state index contributed by atoms with van der Waals surface area (Å²) >= 11 is 0. The number of nitrogens with zero attached hydrogens (tertiary/aromatic N) is 1. The third kappa shape index (κ3) is 3.28. The molecule has 2 atom stereocenters. The van der Waals surface area contributed by atoms with Gasteiger partial charge in [0.25, 0.3) is 11.9 Å². The topological polar surface area (TPSA) is 26.1 Å². The van der Waals surface area contributed by atoms with Crippen molar-refractivity contribution < 1.29 is 0 Å². The van der Waals surface area contributed by atoms with Gasteiger partial charge in [-0.15, -0.1) is 4.67 Å². The summed E-state index contributed by atoms with van der Waals surface area (Å²) < 4.78 is 4.33. The van der Waals surface area contributed by atoms with Crippen molar-refractivity contribution >= 4 is 11.9 Å². The molecule has 0 aromatic carbocycles. The maximum absolute atomic E-state index is 4.33. The molecule has 0 spiro atoms. The van der Waals surface area contributed by atoms with E-state index in [0.717, 1.165) is 18.4 Å². The van der Waals surface area contributed by atoms with E-state index in [0.29, 0.717) is 0 Å². The Morgan fingerprint density at radius 3 is 2.64 bits per heavy atom. The Kier molecular flexibility index (Phi) is 4.92. The summed E-state index contributed by atoms with van der Waals surface area (Å²) in [6.07, 6.45) is 5.89. The molecular weight excluding hydrogens is 172 g/mol. The van der Waals surface area contributed by atoms with Gasteiger partial charge in [0.2, 0.25) is 0 Å². The first-order chi connectivity index (χ1) is 6.77. The minimum Gasteiger partial charge on any atom is -0.317 e. The molecule has 1 saturated carbocycles. The van der Waals surface area contributed by atoms with Crippen molar-refractivity contribution in [1.29, 1.82) is 0 Å². The average Bonchev–Trinajstić information content (AvgIpc) is 2.14. The van der Waals surface area contributed by atoms with Crippen molar-refractivity contribution in [3.63, 3.8) is 0 Å². The summed E-state index contributed by atoms with van der Waals surface area (Å²) in [6.45, 7) is 8.60. The number of hydrogen-bond acceptors (Lipinski definition) is 1. The maximum atomic E-state index is 4.33. The van der Waals surface area contributed by atoms with Crippen LogP contribution in [0, 0.1) is 11.8 Å². The molecule has 0 aliphatic heterocycles. The fourth-order valence-electron chi connectivity index (χ4n) is 2.16. The lowest BCUT2D eigenvalue weighted by Crippen LogP contribution is -2.36. The molecule has 80 valence electrons. The molecule has 1 aliphatic rings. The first-order valence-electron chi connectivity index (χ1n) is 5.79. The van der Waals surface area contributed by atoms with Gasteiger partial charge >= 0.3 is 0 Å². The van der Waals surface area contributed by atoms with Gasteiger partial charge in [-0.1, -0.05) is 6.92 Å². The Labute approximate surface area is 87.5 Å². The highest BCUT2D eigenvalue weighted by molar-refractivity contribution is 5.83. The Hall–Kier alpha value is -0.590. The normalized spacial score (nSPS) is 25.1. The third-order valence-corrected chi connectivity index (χ3v) is 3.14. The summed E-state index contributed by atoms with van der Waals surface area (Å²) in [5.41, 5.74) is 1.29. The predicted molar refractivity (Wildman–Crippen MR) is 63.9 cm³/mol. The van der Waals surface area contributed by atoms with Crippen LogP contribution in [0.2, 0.25) is 0 Å². The second-order valence-corrected chi connectivity index (χ2v) is 4.23. The highest BCUT2D eigenvalue weighted by atomic mass is 14.9. The van der Waals surface area contributed by atoms with E-state index in [-0.39, 0.29) is 0 Å². The van der Waals surface area contributed by atoms with Gasteiger partial charge in [0.1, 0.15) is 0 Å². The van der Waals surface area contributed by atoms with Crippen LogP contribution in [0.25, 0.3) is 0 Å². The Bertz CT molecular complexity index is 226. The summed E-state index contributed by atoms with van der Waals surface area (Å²) in [5.74, 6) is 1.79. The minimum atomic E-state index is 0.887. The van der Waals surface area contributed by atoms with E-state index in [1.54, 1.807) is 0 Å². The summed E-state index contributed by atoms with van der Waals surface area (Å²) in [7, 11) is 0. The van der Waals surface area contributed by atoms with Crippen LogP contribution in [-0.2, 0) is 0 Å². The monoisotopic (exact) mass is 195 g/mol. The fraction of sp³-hybridized carbons (Fsp3) is 0.833. The van der Waals surface area contributed by atoms with E-state index in [4.69, 9.17) is 0 Å². The molecule has 2 nitrogen and oxygen atoms in total. The maximum Gasteiger partial charge on any atom is 0.277 e. The van der Waals surface area contributed by atoms with E-state index in [1.165, 1.54) is 31.5 Å². The molecule has 0 aromatic heterocycles. The second kappa shape index (κ2) is 6.00. The lowest BCUT2D eigenvalue weighted by Gasteiger charge is -2.35. The Morgan fingerprint density at radius 1 is 1.43 bits per heavy atom. The largest absolute Gasteiger partial charge is 0.317 e. The Balaban J connectivity index is 2.29. The van der Waals surface area contributed by atoms with Crippen LogP contribution in [0.3, 0.4) is 0 Å². The first-order valence-corrected chi connectivity index (χ1v) is 5.79. The summed E-state index contributed by atoms with van der Waals surface area (Å²) in [5, 5.41) is 3.44. The minimum absolute atomic E-state index is 0.887. The lowest BCUT2D eigenvalue weighted by molar-refractivity contribution is 0.179. The van der Waals surface area contributed by atoms with Crippen LogP contribution in [0.1, 0.15) is 40.0 Å². The van der Waals surface area contributed by atoms with Crippen molar-refractivity contribution in [3.05, 3.63) is 0 Å². The van der Waals surface area contributed by atoms with E-state index in [2.05, 4.69) is 23.8 Å². The number of rotatable bonds is 5. The van der Waals surface area contributed by atoms with Crippen molar-refractivity contribution in [1.82, 2.24) is 9.98 Å². The second-order valence-electron chi connectivity index (χ2n) is 4.23. The van der Waals surface area contributed by atoms with Gasteiger partial charge in [-0.2, -0.15) is 0 Å². The van der Waals surface area contributed by atoms with E-state index >= 15 is 0 Å². The molecule has 0 radical (unpaired) electrons. The molecule has 14 heavy (non-hydrogen) atoms. The molecule has 0 saturated heterocycles. The third-order valence-electron chi connectivity index (χ3n) is 3.14. The molecule has 1 aliphatic carbocycles. The van der Waals surface area contributed by atoms with Crippen molar-refractivity contribution in [2.75, 3.05) is 13.1 Å². The van der Waals surface area contributed by atoms with Crippen LogP contribution < -0.4 is 9.98 Å². The molecule has 0 bridgehead atoms. The smallest absolute Gasteiger partial charge is 0.277 e. The van der Waals surface area contributed by atoms with Crippen LogP contribution in [-0.4, -0.2) is 25.0 Å². The molecular formula is C12H23N2+. The highest BCUT2D eigenvalue weighted by Gasteiger charge is 2.32. The standard InChI is InChI=1S/C12H23N2/c1-4-13-9-12-7-6-11(12)8-10(3)14-5-2/h5,11-13H,4,6-9H2,1-3H3/q+1/t11-,12?/m0/s1. The van der Waals surface area contributed by atoms with Crippen molar-refractivity contribution in [2.24, 2.45) is 11.8 Å². The van der Waals surface area contributed by atoms with Gasteiger partial charge in [-0.3, -0.25) is 0 Å². The van der Waals surface area contributed by atoms with Crippen LogP contribution in [0.5, 0.6) is 0 Å². The first kappa shape index (κ1) is 11.5. The number of hydrogen-bond donors (Lipinski definition) is 1. The van der Waals surface area contributed by atoms with Crippen LogP contribution in [0.4, 0.5) is 0 Å². The quantitative estimate of drug-likeness (QED) is 0.524. The fourth-order valence-corrected chi connectivity index (χ4v) is 2.16. The molecule has 2 heteroatoms. The number of nitrogens with one attached hydrogen (secondary N) is 1. The molecule has 1 fully saturated rings. The molecule has 1 N–H and O–H groups in total. The molecule has 0 aromatic rings. The highest BCUT2D eigenvalue weighted by Crippen LogP contribution is 2.36. The summed E-state index contributed by atoms with van der Waals surface area (Å²) in [4.78, 5) is 0. The summed E-state index contributed by atoms with van der Waals surface area (Å²) in [6, 6.07) is 0. The zero-order chi connectivity index (χ0) is 10.4. The Morgan fingerprint density at radius 2 is 2.14 bits per heavy atom. The van der Waals surface area contributed by atoms with Gasteiger partial charge < -0.3 is 5.32 Å². The van der Waals surface area contributed by atoms with Gasteiger partial charge in [-0.25, -0.2) is 0 Å².